The first-order chi connectivity index (χ1) is 11.9. The van der Waals surface area contributed by atoms with Crippen LogP contribution in [0.4, 0.5) is 0 Å². The van der Waals surface area contributed by atoms with Crippen molar-refractivity contribution >= 4 is 17.7 Å². The van der Waals surface area contributed by atoms with Crippen molar-refractivity contribution in [3.8, 4) is 5.75 Å². The zero-order valence-electron chi connectivity index (χ0n) is 14.7. The maximum atomic E-state index is 11.9. The summed E-state index contributed by atoms with van der Waals surface area (Å²) in [7, 11) is 0. The highest BCUT2D eigenvalue weighted by Gasteiger charge is 2.19. The molecule has 0 saturated heterocycles. The van der Waals surface area contributed by atoms with Gasteiger partial charge in [-0.2, -0.15) is 0 Å². The average molecular weight is 361 g/mol. The molecule has 1 aromatic carbocycles. The van der Waals surface area contributed by atoms with Crippen LogP contribution in [0.5, 0.6) is 5.75 Å². The Morgan fingerprint density at radius 2 is 2.12 bits per heavy atom. The van der Waals surface area contributed by atoms with Crippen LogP contribution >= 0.6 is 11.8 Å². The Hall–Kier alpha value is -2.48. The number of nitrogens with zero attached hydrogens (tertiary/aromatic N) is 3. The molecule has 1 aromatic heterocycles. The van der Waals surface area contributed by atoms with E-state index in [1.165, 1.54) is 16.4 Å². The van der Waals surface area contributed by atoms with Crippen molar-refractivity contribution in [1.29, 1.82) is 0 Å². The summed E-state index contributed by atoms with van der Waals surface area (Å²) in [5, 5.41) is 11.0. The van der Waals surface area contributed by atoms with Gasteiger partial charge in [0, 0.05) is 6.54 Å². The number of amides is 1. The van der Waals surface area contributed by atoms with Gasteiger partial charge in [0.15, 0.2) is 5.82 Å². The van der Waals surface area contributed by atoms with Gasteiger partial charge in [-0.3, -0.25) is 4.79 Å². The van der Waals surface area contributed by atoms with Crippen LogP contribution in [0.2, 0.25) is 0 Å². The molecule has 1 atom stereocenters. The van der Waals surface area contributed by atoms with E-state index in [2.05, 4.69) is 22.1 Å². The quantitative estimate of drug-likeness (QED) is 0.424. The molecule has 0 bridgehead atoms. The fourth-order valence-electron chi connectivity index (χ4n) is 2.18. The number of thioether (sulfide) groups is 1. The first-order valence-electron chi connectivity index (χ1n) is 7.87. The number of aromatic nitrogens is 3. The van der Waals surface area contributed by atoms with Gasteiger partial charge in [0.25, 0.3) is 0 Å². The van der Waals surface area contributed by atoms with E-state index < -0.39 is 0 Å². The summed E-state index contributed by atoms with van der Waals surface area (Å²) >= 11 is 1.24. The minimum absolute atomic E-state index is 0.110. The predicted octanol–water partition coefficient (Wildman–Crippen LogP) is 1.97. The standard InChI is InChI=1S/C17H23N5O2S/c1-5-9-19-16(23)13(4)25-17-21-20-14(22(17)18)10-24-15-11(2)7-6-8-12(15)3/h5-8,13H,1,9-10,18H2,2-4H3,(H,19,23)/t13-/m0/s1. The van der Waals surface area contributed by atoms with E-state index >= 15 is 0 Å². The number of carbonyl (C=O) groups excluding carboxylic acids is 1. The van der Waals surface area contributed by atoms with E-state index in [-0.39, 0.29) is 17.8 Å². The lowest BCUT2D eigenvalue weighted by molar-refractivity contribution is -0.120. The molecule has 0 aliphatic heterocycles. The molecule has 0 aliphatic rings. The lowest BCUT2D eigenvalue weighted by Gasteiger charge is -2.12. The highest BCUT2D eigenvalue weighted by Crippen LogP contribution is 2.24. The molecule has 1 amide bonds. The number of hydrogen-bond acceptors (Lipinski definition) is 6. The van der Waals surface area contributed by atoms with Crippen LogP contribution in [-0.4, -0.2) is 32.6 Å². The van der Waals surface area contributed by atoms with Crippen LogP contribution in [0, 0.1) is 13.8 Å². The third-order valence-corrected chi connectivity index (χ3v) is 4.62. The van der Waals surface area contributed by atoms with Crippen LogP contribution in [0.3, 0.4) is 0 Å². The van der Waals surface area contributed by atoms with E-state index in [4.69, 9.17) is 10.6 Å². The van der Waals surface area contributed by atoms with Gasteiger partial charge in [0.2, 0.25) is 11.1 Å². The van der Waals surface area contributed by atoms with Gasteiger partial charge in [-0.05, 0) is 31.9 Å². The zero-order chi connectivity index (χ0) is 18.4. The molecule has 1 heterocycles. The number of nitrogen functional groups attached to an aromatic ring is 1. The molecule has 7 nitrogen and oxygen atoms in total. The number of benzene rings is 1. The summed E-state index contributed by atoms with van der Waals surface area (Å²) in [6, 6.07) is 5.96. The van der Waals surface area contributed by atoms with Gasteiger partial charge < -0.3 is 15.9 Å². The van der Waals surface area contributed by atoms with Gasteiger partial charge in [-0.25, -0.2) is 4.68 Å². The maximum absolute atomic E-state index is 11.9. The van der Waals surface area contributed by atoms with Gasteiger partial charge >= 0.3 is 0 Å². The minimum Gasteiger partial charge on any atom is -0.485 e. The van der Waals surface area contributed by atoms with Crippen molar-refractivity contribution < 1.29 is 9.53 Å². The number of ether oxygens (including phenoxy) is 1. The fourth-order valence-corrected chi connectivity index (χ4v) is 2.99. The summed E-state index contributed by atoms with van der Waals surface area (Å²) in [6.07, 6.45) is 1.63. The maximum Gasteiger partial charge on any atom is 0.233 e. The SMILES string of the molecule is C=CCNC(=O)[C@H](C)Sc1nnc(COc2c(C)cccc2C)n1N. The van der Waals surface area contributed by atoms with Crippen LogP contribution in [0.15, 0.2) is 36.0 Å². The number of para-hydroxylation sites is 1. The second-order valence-electron chi connectivity index (χ2n) is 5.57. The van der Waals surface area contributed by atoms with E-state index in [1.807, 2.05) is 32.0 Å². The molecule has 2 rings (SSSR count). The number of nitrogens with two attached hydrogens (primary N) is 1. The molecule has 0 spiro atoms. The molecular weight excluding hydrogens is 338 g/mol. The van der Waals surface area contributed by atoms with Gasteiger partial charge in [0.1, 0.15) is 12.4 Å². The molecule has 25 heavy (non-hydrogen) atoms. The van der Waals surface area contributed by atoms with Gasteiger partial charge in [-0.15, -0.1) is 16.8 Å². The third kappa shape index (κ3) is 4.76. The molecule has 2 aromatic rings. The smallest absolute Gasteiger partial charge is 0.233 e. The first kappa shape index (κ1) is 18.9. The Morgan fingerprint density at radius 3 is 2.76 bits per heavy atom. The van der Waals surface area contributed by atoms with Crippen molar-refractivity contribution in [2.45, 2.75) is 37.8 Å². The fraction of sp³-hybridized carbons (Fsp3) is 0.353. The lowest BCUT2D eigenvalue weighted by Crippen LogP contribution is -2.31. The van der Waals surface area contributed by atoms with E-state index in [1.54, 1.807) is 13.0 Å². The Morgan fingerprint density at radius 1 is 1.44 bits per heavy atom. The normalized spacial score (nSPS) is 11.8. The molecule has 0 unspecified atom stereocenters. The van der Waals surface area contributed by atoms with Crippen LogP contribution in [-0.2, 0) is 11.4 Å². The predicted molar refractivity (Wildman–Crippen MR) is 98.9 cm³/mol. The lowest BCUT2D eigenvalue weighted by atomic mass is 10.1. The van der Waals surface area contributed by atoms with Crippen LogP contribution < -0.4 is 15.9 Å². The second-order valence-corrected chi connectivity index (χ2v) is 6.88. The zero-order valence-corrected chi connectivity index (χ0v) is 15.5. The molecule has 134 valence electrons. The van der Waals surface area contributed by atoms with Crippen molar-refractivity contribution in [3.63, 3.8) is 0 Å². The number of hydrogen-bond donors (Lipinski definition) is 2. The molecule has 3 N–H and O–H groups in total. The summed E-state index contributed by atoms with van der Waals surface area (Å²) in [6.45, 7) is 9.95. The third-order valence-electron chi connectivity index (χ3n) is 3.56. The average Bonchev–Trinajstić information content (AvgIpc) is 2.92. The summed E-state index contributed by atoms with van der Waals surface area (Å²) < 4.78 is 7.21. The molecule has 0 radical (unpaired) electrons. The summed E-state index contributed by atoms with van der Waals surface area (Å²) in [4.78, 5) is 11.9. The Labute approximate surface area is 151 Å². The van der Waals surface area contributed by atoms with Crippen molar-refractivity contribution in [3.05, 3.63) is 47.8 Å². The van der Waals surface area contributed by atoms with E-state index in [9.17, 15) is 4.79 Å². The monoisotopic (exact) mass is 361 g/mol. The Kier molecular flexibility index (Phi) is 6.46. The molecule has 0 fully saturated rings. The Balaban J connectivity index is 2.01. The summed E-state index contributed by atoms with van der Waals surface area (Å²) in [5.74, 6) is 7.23. The second kappa shape index (κ2) is 8.57. The molecule has 8 heteroatoms. The van der Waals surface area contributed by atoms with Crippen molar-refractivity contribution in [2.75, 3.05) is 12.4 Å². The molecule has 0 aliphatic carbocycles. The highest BCUT2D eigenvalue weighted by molar-refractivity contribution is 8.00. The highest BCUT2D eigenvalue weighted by atomic mass is 32.2. The van der Waals surface area contributed by atoms with Crippen molar-refractivity contribution in [1.82, 2.24) is 20.2 Å². The largest absolute Gasteiger partial charge is 0.485 e. The van der Waals surface area contributed by atoms with Crippen LogP contribution in [0.25, 0.3) is 0 Å². The summed E-state index contributed by atoms with van der Waals surface area (Å²) in [5.41, 5.74) is 2.09. The Bertz CT molecular complexity index is 739. The number of carbonyl (C=O) groups is 1. The first-order valence-corrected chi connectivity index (χ1v) is 8.75. The number of nitrogens with one attached hydrogen (secondary N) is 1. The van der Waals surface area contributed by atoms with E-state index in [0.29, 0.717) is 17.5 Å². The van der Waals surface area contributed by atoms with Gasteiger partial charge in [-0.1, -0.05) is 36.0 Å². The van der Waals surface area contributed by atoms with E-state index in [0.717, 1.165) is 16.9 Å². The van der Waals surface area contributed by atoms with Crippen molar-refractivity contribution in [2.24, 2.45) is 0 Å². The molecule has 0 saturated carbocycles. The molecular formula is C17H23N5O2S. The van der Waals surface area contributed by atoms with Gasteiger partial charge in [0.05, 0.1) is 5.25 Å². The van der Waals surface area contributed by atoms with Crippen LogP contribution in [0.1, 0.15) is 23.9 Å². The number of aryl methyl sites for hydroxylation is 2. The topological polar surface area (TPSA) is 95.1 Å². The number of rotatable bonds is 8. The minimum atomic E-state index is -0.348.